The predicted molar refractivity (Wildman–Crippen MR) is 95.9 cm³/mol. The first-order valence-corrected chi connectivity index (χ1v) is 8.31. The normalized spacial score (nSPS) is 13.8. The third-order valence-electron chi connectivity index (χ3n) is 4.82. The minimum atomic E-state index is -0.554. The molecule has 1 aliphatic rings. The van der Waals surface area contributed by atoms with Crippen LogP contribution in [-0.2, 0) is 13.0 Å². The summed E-state index contributed by atoms with van der Waals surface area (Å²) in [6.45, 7) is 2.38. The lowest BCUT2D eigenvalue weighted by Gasteiger charge is -2.16. The number of rotatable bonds is 3. The highest BCUT2D eigenvalue weighted by molar-refractivity contribution is 6.03. The van der Waals surface area contributed by atoms with E-state index in [1.807, 2.05) is 49.4 Å². The van der Waals surface area contributed by atoms with E-state index >= 15 is 0 Å². The first kappa shape index (κ1) is 15.4. The summed E-state index contributed by atoms with van der Waals surface area (Å²) in [6.07, 6.45) is 0.734. The minimum Gasteiger partial charge on any atom is -0.506 e. The summed E-state index contributed by atoms with van der Waals surface area (Å²) in [5.74, 6) is -0.792. The average Bonchev–Trinajstić information content (AvgIpc) is 3.06. The van der Waals surface area contributed by atoms with Crippen LogP contribution >= 0.6 is 0 Å². The van der Waals surface area contributed by atoms with E-state index < -0.39 is 11.5 Å². The molecule has 0 bridgehead atoms. The van der Waals surface area contributed by atoms with Gasteiger partial charge < -0.3 is 15.0 Å². The molecule has 1 aliphatic heterocycles. The van der Waals surface area contributed by atoms with Crippen LogP contribution in [0.25, 0.3) is 10.9 Å². The van der Waals surface area contributed by atoms with E-state index in [1.165, 1.54) is 0 Å². The summed E-state index contributed by atoms with van der Waals surface area (Å²) >= 11 is 0. The molecular formula is C20H18N2O3. The first-order valence-electron chi connectivity index (χ1n) is 8.31. The lowest BCUT2D eigenvalue weighted by molar-refractivity contribution is 0.0935. The molecule has 0 fully saturated rings. The van der Waals surface area contributed by atoms with Gasteiger partial charge in [0.05, 0.1) is 11.6 Å². The summed E-state index contributed by atoms with van der Waals surface area (Å²) in [5.41, 5.74) is 2.07. The topological polar surface area (TPSA) is 71.3 Å². The zero-order chi connectivity index (χ0) is 17.6. The van der Waals surface area contributed by atoms with Crippen molar-refractivity contribution >= 4 is 16.8 Å². The second-order valence-electron chi connectivity index (χ2n) is 6.35. The highest BCUT2D eigenvalue weighted by atomic mass is 16.3. The molecule has 3 aromatic rings. The molecule has 0 spiro atoms. The van der Waals surface area contributed by atoms with E-state index in [9.17, 15) is 14.7 Å². The molecule has 0 saturated heterocycles. The highest BCUT2D eigenvalue weighted by Gasteiger charge is 2.26. The summed E-state index contributed by atoms with van der Waals surface area (Å²) in [5, 5.41) is 13.9. The minimum absolute atomic E-state index is 0.186. The monoisotopic (exact) mass is 334 g/mol. The molecule has 2 N–H and O–H groups in total. The van der Waals surface area contributed by atoms with Crippen LogP contribution in [0.3, 0.4) is 0 Å². The second kappa shape index (κ2) is 5.77. The van der Waals surface area contributed by atoms with Crippen molar-refractivity contribution in [3.8, 4) is 5.75 Å². The number of nitrogens with zero attached hydrogens (tertiary/aromatic N) is 1. The number of aromatic hydroxyl groups is 1. The quantitative estimate of drug-likeness (QED) is 0.774. The standard InChI is InChI=1S/C20H18N2O3/c1-12(13-6-3-2-4-7-13)21-19(24)16-18(23)15-9-5-8-14-10-11-22(17(14)15)20(16)25/h2-9,12,23H,10-11H2,1H3,(H,21,24)/t12-/m0/s1. The van der Waals surface area contributed by atoms with Gasteiger partial charge in [-0.3, -0.25) is 9.59 Å². The maximum absolute atomic E-state index is 12.8. The summed E-state index contributed by atoms with van der Waals surface area (Å²) in [7, 11) is 0. The lowest BCUT2D eigenvalue weighted by Crippen LogP contribution is -2.34. The molecule has 126 valence electrons. The van der Waals surface area contributed by atoms with Crippen molar-refractivity contribution in [3.05, 3.63) is 75.6 Å². The van der Waals surface area contributed by atoms with Crippen molar-refractivity contribution in [2.45, 2.75) is 25.9 Å². The third kappa shape index (κ3) is 2.39. The van der Waals surface area contributed by atoms with Gasteiger partial charge in [0.15, 0.2) is 0 Å². The van der Waals surface area contributed by atoms with Crippen molar-refractivity contribution in [1.82, 2.24) is 9.88 Å². The maximum Gasteiger partial charge on any atom is 0.267 e. The molecule has 2 aromatic carbocycles. The van der Waals surface area contributed by atoms with Gasteiger partial charge in [0.1, 0.15) is 11.3 Å². The number of hydrogen-bond acceptors (Lipinski definition) is 3. The van der Waals surface area contributed by atoms with Crippen LogP contribution in [-0.4, -0.2) is 15.6 Å². The number of benzene rings is 2. The van der Waals surface area contributed by atoms with Gasteiger partial charge in [-0.2, -0.15) is 0 Å². The fourth-order valence-corrected chi connectivity index (χ4v) is 3.52. The molecule has 25 heavy (non-hydrogen) atoms. The predicted octanol–water partition coefficient (Wildman–Crippen LogP) is 2.75. The van der Waals surface area contributed by atoms with Crippen LogP contribution in [0.5, 0.6) is 5.75 Å². The Balaban J connectivity index is 1.78. The SMILES string of the molecule is C[C@H](NC(=O)c1c(O)c2cccc3c2n(c1=O)CC3)c1ccccc1. The van der Waals surface area contributed by atoms with E-state index in [2.05, 4.69) is 5.32 Å². The Kier molecular flexibility index (Phi) is 3.57. The van der Waals surface area contributed by atoms with Gasteiger partial charge in [-0.05, 0) is 30.5 Å². The molecule has 0 saturated carbocycles. The Morgan fingerprint density at radius 2 is 1.92 bits per heavy atom. The van der Waals surface area contributed by atoms with Gasteiger partial charge >= 0.3 is 0 Å². The molecule has 1 amide bonds. The third-order valence-corrected chi connectivity index (χ3v) is 4.82. The van der Waals surface area contributed by atoms with Gasteiger partial charge in [0, 0.05) is 11.9 Å². The smallest absolute Gasteiger partial charge is 0.267 e. The first-order chi connectivity index (χ1) is 12.1. The fraction of sp³-hybridized carbons (Fsp3) is 0.200. The van der Waals surface area contributed by atoms with Crippen LogP contribution in [0.2, 0.25) is 0 Å². The molecule has 1 atom stereocenters. The van der Waals surface area contributed by atoms with Crippen molar-refractivity contribution < 1.29 is 9.90 Å². The number of carbonyl (C=O) groups excluding carboxylic acids is 1. The number of carbonyl (C=O) groups is 1. The molecule has 5 heteroatoms. The van der Waals surface area contributed by atoms with Crippen molar-refractivity contribution in [2.75, 3.05) is 0 Å². The zero-order valence-electron chi connectivity index (χ0n) is 13.8. The van der Waals surface area contributed by atoms with E-state index in [0.717, 1.165) is 23.1 Å². The van der Waals surface area contributed by atoms with Crippen LogP contribution in [0, 0.1) is 0 Å². The van der Waals surface area contributed by atoms with Gasteiger partial charge in [-0.25, -0.2) is 0 Å². The molecule has 0 radical (unpaired) electrons. The van der Waals surface area contributed by atoms with Crippen LogP contribution < -0.4 is 10.9 Å². The number of aryl methyl sites for hydroxylation is 2. The number of para-hydroxylation sites is 1. The lowest BCUT2D eigenvalue weighted by atomic mass is 10.1. The molecule has 0 unspecified atom stereocenters. The van der Waals surface area contributed by atoms with Crippen LogP contribution in [0.4, 0.5) is 0 Å². The summed E-state index contributed by atoms with van der Waals surface area (Å²) in [6, 6.07) is 14.8. The van der Waals surface area contributed by atoms with Gasteiger partial charge in [-0.15, -0.1) is 0 Å². The zero-order valence-corrected chi connectivity index (χ0v) is 13.8. The largest absolute Gasteiger partial charge is 0.506 e. The molecule has 4 rings (SSSR count). The second-order valence-corrected chi connectivity index (χ2v) is 6.35. The number of amides is 1. The van der Waals surface area contributed by atoms with Crippen molar-refractivity contribution in [3.63, 3.8) is 0 Å². The number of nitrogens with one attached hydrogen (secondary N) is 1. The van der Waals surface area contributed by atoms with Crippen LogP contribution in [0.15, 0.2) is 53.3 Å². The van der Waals surface area contributed by atoms with Gasteiger partial charge in [0.2, 0.25) is 0 Å². The van der Waals surface area contributed by atoms with Crippen molar-refractivity contribution in [1.29, 1.82) is 0 Å². The van der Waals surface area contributed by atoms with Gasteiger partial charge in [0.25, 0.3) is 11.5 Å². The van der Waals surface area contributed by atoms with Gasteiger partial charge in [-0.1, -0.05) is 42.5 Å². The Bertz CT molecular complexity index is 1040. The molecule has 1 aromatic heterocycles. The van der Waals surface area contributed by atoms with E-state index in [0.29, 0.717) is 11.9 Å². The van der Waals surface area contributed by atoms with Crippen molar-refractivity contribution in [2.24, 2.45) is 0 Å². The summed E-state index contributed by atoms with van der Waals surface area (Å²) in [4.78, 5) is 25.5. The fourth-order valence-electron chi connectivity index (χ4n) is 3.52. The Morgan fingerprint density at radius 1 is 1.16 bits per heavy atom. The average molecular weight is 334 g/mol. The molecule has 0 aliphatic carbocycles. The Morgan fingerprint density at radius 3 is 2.68 bits per heavy atom. The van der Waals surface area contributed by atoms with Crippen LogP contribution in [0.1, 0.15) is 34.5 Å². The molecule has 5 nitrogen and oxygen atoms in total. The Hall–Kier alpha value is -3.08. The Labute approximate surface area is 144 Å². The molecular weight excluding hydrogens is 316 g/mol. The number of hydrogen-bond donors (Lipinski definition) is 2. The summed E-state index contributed by atoms with van der Waals surface area (Å²) < 4.78 is 1.59. The highest BCUT2D eigenvalue weighted by Crippen LogP contribution is 2.32. The van der Waals surface area contributed by atoms with E-state index in [4.69, 9.17) is 0 Å². The number of aromatic nitrogens is 1. The maximum atomic E-state index is 12.8. The number of pyridine rings is 1. The molecule has 2 heterocycles. The van der Waals surface area contributed by atoms with E-state index in [1.54, 1.807) is 10.6 Å². The van der Waals surface area contributed by atoms with E-state index in [-0.39, 0.29) is 17.4 Å².